The van der Waals surface area contributed by atoms with Gasteiger partial charge in [0.2, 0.25) is 5.91 Å². The van der Waals surface area contributed by atoms with Gasteiger partial charge in [-0.15, -0.1) is 0 Å². The Bertz CT molecular complexity index is 605. The summed E-state index contributed by atoms with van der Waals surface area (Å²) in [4.78, 5) is 27.0. The van der Waals surface area contributed by atoms with Gasteiger partial charge in [0.15, 0.2) is 0 Å². The highest BCUT2D eigenvalue weighted by Crippen LogP contribution is 2.20. The first kappa shape index (κ1) is 17.0. The van der Waals surface area contributed by atoms with E-state index >= 15 is 0 Å². The van der Waals surface area contributed by atoms with Crippen LogP contribution in [0.15, 0.2) is 18.2 Å². The molecule has 0 spiro atoms. The minimum absolute atomic E-state index is 0.0440. The average Bonchev–Trinajstić information content (AvgIpc) is 2.51. The van der Waals surface area contributed by atoms with E-state index in [1.165, 1.54) is 0 Å². The number of carbonyl (C=O) groups excluding carboxylic acids is 2. The lowest BCUT2D eigenvalue weighted by atomic mass is 9.95. The summed E-state index contributed by atoms with van der Waals surface area (Å²) in [5.74, 6) is 0.620. The normalized spacial score (nSPS) is 21.2. The summed E-state index contributed by atoms with van der Waals surface area (Å²) in [6, 6.07) is 5.93. The Morgan fingerprint density at radius 2 is 1.92 bits per heavy atom. The molecule has 2 amide bonds. The third-order valence-corrected chi connectivity index (χ3v) is 4.98. The molecule has 1 atom stereocenters. The number of carbonyl (C=O) groups is 2. The maximum Gasteiger partial charge on any atom is 0.253 e. The van der Waals surface area contributed by atoms with E-state index in [-0.39, 0.29) is 17.7 Å². The third kappa shape index (κ3) is 3.96. The summed E-state index contributed by atoms with van der Waals surface area (Å²) in [7, 11) is 0. The van der Waals surface area contributed by atoms with Gasteiger partial charge in [0.05, 0.1) is 5.92 Å². The molecular weight excluding hydrogens is 302 g/mol. The summed E-state index contributed by atoms with van der Waals surface area (Å²) >= 11 is 0. The van der Waals surface area contributed by atoms with Crippen molar-refractivity contribution in [2.45, 2.75) is 26.7 Å². The Balaban J connectivity index is 1.59. The molecule has 0 aliphatic carbocycles. The lowest BCUT2D eigenvalue weighted by molar-refractivity contribution is -0.126. The molecule has 24 heavy (non-hydrogen) atoms. The standard InChI is InChI=1S/C19H27N3O2/c1-13-6-14(2)8-17(7-13)19(24)22-5-3-4-16(12-22)18(23)21-11-15-9-20-10-15/h6-8,15-16,20H,3-5,9-12H2,1-2H3,(H,21,23). The first-order chi connectivity index (χ1) is 11.5. The monoisotopic (exact) mass is 329 g/mol. The highest BCUT2D eigenvalue weighted by molar-refractivity contribution is 5.95. The fourth-order valence-electron chi connectivity index (χ4n) is 3.54. The molecule has 2 aliphatic heterocycles. The number of hydrogen-bond acceptors (Lipinski definition) is 3. The third-order valence-electron chi connectivity index (χ3n) is 4.98. The molecule has 2 heterocycles. The Morgan fingerprint density at radius 1 is 1.21 bits per heavy atom. The van der Waals surface area contributed by atoms with E-state index in [1.807, 2.05) is 30.9 Å². The molecular formula is C19H27N3O2. The zero-order valence-corrected chi connectivity index (χ0v) is 14.6. The first-order valence-electron chi connectivity index (χ1n) is 8.89. The van der Waals surface area contributed by atoms with Crippen LogP contribution in [0.25, 0.3) is 0 Å². The van der Waals surface area contributed by atoms with Crippen LogP contribution in [-0.4, -0.2) is 49.4 Å². The van der Waals surface area contributed by atoms with Crippen LogP contribution in [0.4, 0.5) is 0 Å². The molecule has 0 saturated carbocycles. The number of benzene rings is 1. The summed E-state index contributed by atoms with van der Waals surface area (Å²) in [6.07, 6.45) is 1.75. The van der Waals surface area contributed by atoms with E-state index < -0.39 is 0 Å². The van der Waals surface area contributed by atoms with Crippen LogP contribution in [0.5, 0.6) is 0 Å². The minimum Gasteiger partial charge on any atom is -0.355 e. The molecule has 2 saturated heterocycles. The van der Waals surface area contributed by atoms with Crippen molar-refractivity contribution in [3.63, 3.8) is 0 Å². The quantitative estimate of drug-likeness (QED) is 0.880. The second-order valence-electron chi connectivity index (χ2n) is 7.24. The number of likely N-dealkylation sites (tertiary alicyclic amines) is 1. The Morgan fingerprint density at radius 3 is 2.54 bits per heavy atom. The average molecular weight is 329 g/mol. The number of amides is 2. The first-order valence-corrected chi connectivity index (χ1v) is 8.89. The lowest BCUT2D eigenvalue weighted by Gasteiger charge is -2.33. The van der Waals surface area contributed by atoms with Gasteiger partial charge in [0, 0.05) is 44.2 Å². The molecule has 130 valence electrons. The molecule has 0 bridgehead atoms. The summed E-state index contributed by atoms with van der Waals surface area (Å²) in [5, 5.41) is 6.26. The smallest absolute Gasteiger partial charge is 0.253 e. The van der Waals surface area contributed by atoms with Crippen LogP contribution < -0.4 is 10.6 Å². The van der Waals surface area contributed by atoms with Gasteiger partial charge in [-0.05, 0) is 38.8 Å². The van der Waals surface area contributed by atoms with Crippen LogP contribution in [0.2, 0.25) is 0 Å². The van der Waals surface area contributed by atoms with Gasteiger partial charge in [-0.2, -0.15) is 0 Å². The molecule has 0 aromatic heterocycles. The maximum atomic E-state index is 12.8. The topological polar surface area (TPSA) is 61.4 Å². The van der Waals surface area contributed by atoms with Crippen LogP contribution in [-0.2, 0) is 4.79 Å². The lowest BCUT2D eigenvalue weighted by Crippen LogP contribution is -2.50. The number of rotatable bonds is 4. The van der Waals surface area contributed by atoms with Gasteiger partial charge < -0.3 is 15.5 Å². The second-order valence-corrected chi connectivity index (χ2v) is 7.24. The molecule has 0 radical (unpaired) electrons. The fourth-order valence-corrected chi connectivity index (χ4v) is 3.54. The van der Waals surface area contributed by atoms with Gasteiger partial charge in [-0.1, -0.05) is 17.2 Å². The van der Waals surface area contributed by atoms with Gasteiger partial charge in [-0.3, -0.25) is 9.59 Å². The molecule has 5 heteroatoms. The van der Waals surface area contributed by atoms with Gasteiger partial charge in [0.25, 0.3) is 5.91 Å². The SMILES string of the molecule is Cc1cc(C)cc(C(=O)N2CCCC(C(=O)NCC3CNC3)C2)c1. The van der Waals surface area contributed by atoms with E-state index in [2.05, 4.69) is 16.7 Å². The van der Waals surface area contributed by atoms with Gasteiger partial charge >= 0.3 is 0 Å². The van der Waals surface area contributed by atoms with Crippen LogP contribution in [0.1, 0.15) is 34.3 Å². The zero-order chi connectivity index (χ0) is 17.1. The fraction of sp³-hybridized carbons (Fsp3) is 0.579. The van der Waals surface area contributed by atoms with Crippen LogP contribution >= 0.6 is 0 Å². The molecule has 2 N–H and O–H groups in total. The van der Waals surface area contributed by atoms with Crippen molar-refractivity contribution in [2.75, 3.05) is 32.7 Å². The maximum absolute atomic E-state index is 12.8. The minimum atomic E-state index is -0.0818. The number of aryl methyl sites for hydroxylation is 2. The summed E-state index contributed by atoms with van der Waals surface area (Å²) < 4.78 is 0. The predicted octanol–water partition coefficient (Wildman–Crippen LogP) is 1.49. The summed E-state index contributed by atoms with van der Waals surface area (Å²) in [6.45, 7) is 8.00. The molecule has 3 rings (SSSR count). The number of hydrogen-bond donors (Lipinski definition) is 2. The molecule has 2 aliphatic rings. The molecule has 5 nitrogen and oxygen atoms in total. The Hall–Kier alpha value is -1.88. The van der Waals surface area contributed by atoms with Gasteiger partial charge in [-0.25, -0.2) is 0 Å². The number of piperidine rings is 1. The molecule has 2 fully saturated rings. The number of nitrogens with one attached hydrogen (secondary N) is 2. The van der Waals surface area contributed by atoms with E-state index in [9.17, 15) is 9.59 Å². The van der Waals surface area contributed by atoms with E-state index in [4.69, 9.17) is 0 Å². The molecule has 1 aromatic rings. The zero-order valence-electron chi connectivity index (χ0n) is 14.6. The number of nitrogens with zero attached hydrogens (tertiary/aromatic N) is 1. The van der Waals surface area contributed by atoms with Crippen molar-refractivity contribution < 1.29 is 9.59 Å². The van der Waals surface area contributed by atoms with Crippen molar-refractivity contribution >= 4 is 11.8 Å². The van der Waals surface area contributed by atoms with Crippen molar-refractivity contribution in [1.82, 2.24) is 15.5 Å². The Kier molecular flexibility index (Phi) is 5.19. The van der Waals surface area contributed by atoms with Crippen LogP contribution in [0.3, 0.4) is 0 Å². The van der Waals surface area contributed by atoms with Crippen molar-refractivity contribution in [3.05, 3.63) is 34.9 Å². The van der Waals surface area contributed by atoms with Gasteiger partial charge in [0.1, 0.15) is 0 Å². The molecule has 1 aromatic carbocycles. The van der Waals surface area contributed by atoms with E-state index in [0.29, 0.717) is 12.5 Å². The van der Waals surface area contributed by atoms with Crippen molar-refractivity contribution in [1.29, 1.82) is 0 Å². The highest BCUT2D eigenvalue weighted by Gasteiger charge is 2.29. The van der Waals surface area contributed by atoms with Crippen molar-refractivity contribution in [3.8, 4) is 0 Å². The van der Waals surface area contributed by atoms with Crippen molar-refractivity contribution in [2.24, 2.45) is 11.8 Å². The second kappa shape index (κ2) is 7.34. The summed E-state index contributed by atoms with van der Waals surface area (Å²) in [5.41, 5.74) is 2.92. The molecule has 1 unspecified atom stereocenters. The largest absolute Gasteiger partial charge is 0.355 e. The Labute approximate surface area is 143 Å². The highest BCUT2D eigenvalue weighted by atomic mass is 16.2. The van der Waals surface area contributed by atoms with Crippen LogP contribution in [0, 0.1) is 25.7 Å². The van der Waals surface area contributed by atoms with E-state index in [1.54, 1.807) is 0 Å². The predicted molar refractivity (Wildman–Crippen MR) is 93.9 cm³/mol. The van der Waals surface area contributed by atoms with E-state index in [0.717, 1.165) is 55.7 Å².